The predicted molar refractivity (Wildman–Crippen MR) is 60.1 cm³/mol. The molecular formula is C11H16N2O. The normalized spacial score (nSPS) is 12.2. The molecule has 0 saturated carbocycles. The summed E-state index contributed by atoms with van der Waals surface area (Å²) < 4.78 is 0. The Labute approximate surface area is 84.7 Å². The minimum atomic E-state index is 0.478. The minimum absolute atomic E-state index is 0.478. The second-order valence-corrected chi connectivity index (χ2v) is 3.48. The van der Waals surface area contributed by atoms with E-state index >= 15 is 0 Å². The van der Waals surface area contributed by atoms with Gasteiger partial charge in [-0.2, -0.15) is 0 Å². The van der Waals surface area contributed by atoms with Gasteiger partial charge >= 0.3 is 0 Å². The molecule has 0 N–H and O–H groups in total. The van der Waals surface area contributed by atoms with Crippen molar-refractivity contribution < 1.29 is 0 Å². The first-order valence-electron chi connectivity index (χ1n) is 4.85. The summed E-state index contributed by atoms with van der Waals surface area (Å²) in [7, 11) is 2.05. The molecule has 3 heteroatoms. The van der Waals surface area contributed by atoms with E-state index in [-0.39, 0.29) is 0 Å². The van der Waals surface area contributed by atoms with Crippen LogP contribution in [0.3, 0.4) is 0 Å². The molecule has 1 unspecified atom stereocenters. The molecule has 0 aliphatic rings. The van der Waals surface area contributed by atoms with Gasteiger partial charge in [-0.3, -0.25) is 0 Å². The van der Waals surface area contributed by atoms with Crippen LogP contribution in [0.4, 0.5) is 11.4 Å². The molecule has 0 heterocycles. The molecule has 1 aromatic rings. The van der Waals surface area contributed by atoms with Gasteiger partial charge in [-0.15, -0.1) is 4.91 Å². The highest BCUT2D eigenvalue weighted by atomic mass is 16.3. The van der Waals surface area contributed by atoms with Crippen molar-refractivity contribution in [3.8, 4) is 0 Å². The van der Waals surface area contributed by atoms with Gasteiger partial charge in [0.2, 0.25) is 0 Å². The molecule has 0 aliphatic heterocycles. The van der Waals surface area contributed by atoms with Crippen molar-refractivity contribution in [3.63, 3.8) is 0 Å². The molecule has 0 fully saturated rings. The van der Waals surface area contributed by atoms with Crippen molar-refractivity contribution in [2.24, 2.45) is 5.18 Å². The van der Waals surface area contributed by atoms with E-state index in [1.807, 2.05) is 12.1 Å². The van der Waals surface area contributed by atoms with Crippen molar-refractivity contribution in [2.45, 2.75) is 26.3 Å². The third kappa shape index (κ3) is 2.31. The molecular weight excluding hydrogens is 176 g/mol. The highest BCUT2D eigenvalue weighted by Gasteiger charge is 2.07. The molecule has 0 spiro atoms. The summed E-state index contributed by atoms with van der Waals surface area (Å²) >= 11 is 0. The molecule has 0 aliphatic carbocycles. The zero-order valence-electron chi connectivity index (χ0n) is 8.90. The molecule has 3 nitrogen and oxygen atoms in total. The van der Waals surface area contributed by atoms with Gasteiger partial charge in [0.15, 0.2) is 0 Å². The van der Waals surface area contributed by atoms with E-state index < -0.39 is 0 Å². The fraction of sp³-hybridized carbons (Fsp3) is 0.455. The number of nitroso groups, excluding NO2 is 1. The number of rotatable bonds is 4. The van der Waals surface area contributed by atoms with Crippen molar-refractivity contribution in [1.82, 2.24) is 0 Å². The summed E-state index contributed by atoms with van der Waals surface area (Å²) in [5.41, 5.74) is 1.60. The highest BCUT2D eigenvalue weighted by Crippen LogP contribution is 2.20. The van der Waals surface area contributed by atoms with Crippen LogP contribution >= 0.6 is 0 Å². The van der Waals surface area contributed by atoms with E-state index in [0.717, 1.165) is 12.1 Å². The van der Waals surface area contributed by atoms with Crippen LogP contribution in [0.15, 0.2) is 29.4 Å². The van der Waals surface area contributed by atoms with E-state index in [1.54, 1.807) is 12.1 Å². The Morgan fingerprint density at radius 1 is 1.36 bits per heavy atom. The van der Waals surface area contributed by atoms with E-state index in [2.05, 4.69) is 31.0 Å². The molecule has 14 heavy (non-hydrogen) atoms. The Balaban J connectivity index is 2.80. The number of hydrogen-bond donors (Lipinski definition) is 0. The molecule has 0 saturated heterocycles. The highest BCUT2D eigenvalue weighted by molar-refractivity contribution is 5.52. The lowest BCUT2D eigenvalue weighted by Crippen LogP contribution is -2.27. The lowest BCUT2D eigenvalue weighted by molar-refractivity contribution is 0.664. The van der Waals surface area contributed by atoms with Crippen LogP contribution in [-0.4, -0.2) is 13.1 Å². The molecule has 1 atom stereocenters. The van der Waals surface area contributed by atoms with Gasteiger partial charge in [0.1, 0.15) is 5.69 Å². The second kappa shape index (κ2) is 4.74. The molecule has 0 radical (unpaired) electrons. The van der Waals surface area contributed by atoms with E-state index in [4.69, 9.17) is 0 Å². The molecule has 0 bridgehead atoms. The van der Waals surface area contributed by atoms with Crippen LogP contribution in [0.5, 0.6) is 0 Å². The van der Waals surface area contributed by atoms with Gasteiger partial charge in [-0.1, -0.05) is 6.92 Å². The fourth-order valence-corrected chi connectivity index (χ4v) is 1.28. The Morgan fingerprint density at radius 3 is 2.36 bits per heavy atom. The summed E-state index contributed by atoms with van der Waals surface area (Å²) in [6.07, 6.45) is 1.10. The zero-order valence-corrected chi connectivity index (χ0v) is 8.90. The lowest BCUT2D eigenvalue weighted by Gasteiger charge is -2.25. The van der Waals surface area contributed by atoms with Gasteiger partial charge in [0.25, 0.3) is 0 Å². The number of nitrogens with zero attached hydrogens (tertiary/aromatic N) is 2. The second-order valence-electron chi connectivity index (χ2n) is 3.48. The molecule has 0 aromatic heterocycles. The maximum Gasteiger partial charge on any atom is 0.108 e. The van der Waals surface area contributed by atoms with Crippen LogP contribution in [0.1, 0.15) is 20.3 Å². The van der Waals surface area contributed by atoms with Gasteiger partial charge in [-0.25, -0.2) is 0 Å². The first-order valence-corrected chi connectivity index (χ1v) is 4.85. The Morgan fingerprint density at radius 2 is 1.93 bits per heavy atom. The smallest absolute Gasteiger partial charge is 0.108 e. The summed E-state index contributed by atoms with van der Waals surface area (Å²) in [5, 5.41) is 2.87. The Kier molecular flexibility index (Phi) is 3.63. The van der Waals surface area contributed by atoms with Crippen molar-refractivity contribution in [1.29, 1.82) is 0 Å². The minimum Gasteiger partial charge on any atom is -0.372 e. The zero-order chi connectivity index (χ0) is 10.6. The van der Waals surface area contributed by atoms with Gasteiger partial charge in [-0.05, 0) is 42.8 Å². The monoisotopic (exact) mass is 192 g/mol. The quantitative estimate of drug-likeness (QED) is 0.685. The molecule has 0 amide bonds. The number of benzene rings is 1. The van der Waals surface area contributed by atoms with Gasteiger partial charge in [0.05, 0.1) is 0 Å². The van der Waals surface area contributed by atoms with Crippen LogP contribution in [0.2, 0.25) is 0 Å². The molecule has 1 rings (SSSR count). The first kappa shape index (κ1) is 10.7. The number of anilines is 1. The van der Waals surface area contributed by atoms with E-state index in [0.29, 0.717) is 11.7 Å². The average Bonchev–Trinajstić information content (AvgIpc) is 2.27. The van der Waals surface area contributed by atoms with Crippen LogP contribution in [0, 0.1) is 4.91 Å². The first-order chi connectivity index (χ1) is 6.69. The largest absolute Gasteiger partial charge is 0.372 e. The SMILES string of the molecule is CCC(C)N(C)c1ccc(N=O)cc1. The number of hydrogen-bond acceptors (Lipinski definition) is 3. The van der Waals surface area contributed by atoms with Gasteiger partial charge in [0, 0.05) is 18.8 Å². The Bertz CT molecular complexity index is 295. The van der Waals surface area contributed by atoms with Crippen LogP contribution < -0.4 is 4.90 Å². The topological polar surface area (TPSA) is 32.7 Å². The van der Waals surface area contributed by atoms with Gasteiger partial charge < -0.3 is 4.90 Å². The summed E-state index contributed by atoms with van der Waals surface area (Å²) in [4.78, 5) is 12.4. The maximum absolute atomic E-state index is 10.2. The fourth-order valence-electron chi connectivity index (χ4n) is 1.28. The maximum atomic E-state index is 10.2. The summed E-state index contributed by atoms with van der Waals surface area (Å²) in [5.74, 6) is 0. The van der Waals surface area contributed by atoms with E-state index in [9.17, 15) is 4.91 Å². The lowest BCUT2D eigenvalue weighted by atomic mass is 10.2. The average molecular weight is 192 g/mol. The van der Waals surface area contributed by atoms with E-state index in [1.165, 1.54) is 0 Å². The molecule has 76 valence electrons. The third-order valence-corrected chi connectivity index (χ3v) is 2.61. The van der Waals surface area contributed by atoms with Crippen molar-refractivity contribution >= 4 is 11.4 Å². The van der Waals surface area contributed by atoms with Crippen molar-refractivity contribution in [2.75, 3.05) is 11.9 Å². The summed E-state index contributed by atoms with van der Waals surface area (Å²) in [6.45, 7) is 4.33. The standard InChI is InChI=1S/C11H16N2O/c1-4-9(2)13(3)11-7-5-10(12-14)6-8-11/h5-9H,4H2,1-3H3. The molecule has 1 aromatic carbocycles. The van der Waals surface area contributed by atoms with Crippen LogP contribution in [0.25, 0.3) is 0 Å². The summed E-state index contributed by atoms with van der Waals surface area (Å²) in [6, 6.07) is 7.82. The Hall–Kier alpha value is -1.38. The van der Waals surface area contributed by atoms with Crippen molar-refractivity contribution in [3.05, 3.63) is 29.2 Å². The predicted octanol–water partition coefficient (Wildman–Crippen LogP) is 3.32. The van der Waals surface area contributed by atoms with Crippen LogP contribution in [-0.2, 0) is 0 Å². The third-order valence-electron chi connectivity index (χ3n) is 2.61.